The number of carbonyl (C=O) groups is 1. The van der Waals surface area contributed by atoms with Crippen molar-refractivity contribution in [2.24, 2.45) is 5.73 Å². The van der Waals surface area contributed by atoms with Gasteiger partial charge in [-0.3, -0.25) is 4.79 Å². The van der Waals surface area contributed by atoms with Crippen LogP contribution in [0, 0.1) is 0 Å². The van der Waals surface area contributed by atoms with Gasteiger partial charge in [-0.2, -0.15) is 0 Å². The van der Waals surface area contributed by atoms with Gasteiger partial charge in [0.1, 0.15) is 0 Å². The lowest BCUT2D eigenvalue weighted by Crippen LogP contribution is -2.38. The lowest BCUT2D eigenvalue weighted by atomic mass is 10.1. The average Bonchev–Trinajstić information content (AvgIpc) is 2.51. The van der Waals surface area contributed by atoms with Gasteiger partial charge in [0.2, 0.25) is 5.91 Å². The Bertz CT molecular complexity index is 745. The zero-order valence-corrected chi connectivity index (χ0v) is 14.4. The normalized spacial score (nSPS) is 14.3. The Hall–Kier alpha value is -1.98. The molecule has 2 N–H and O–H groups in total. The number of likely N-dealkylation sites (N-methyl/N-ethyl adjacent to an activating group) is 1. The average molecular weight is 327 g/mol. The van der Waals surface area contributed by atoms with Crippen molar-refractivity contribution in [2.75, 3.05) is 25.5 Å². The van der Waals surface area contributed by atoms with Crippen LogP contribution in [0.15, 0.2) is 52.3 Å². The first-order chi connectivity index (χ1) is 11.0. The summed E-state index contributed by atoms with van der Waals surface area (Å²) >= 11 is 1.74. The number of anilines is 2. The molecule has 0 saturated heterocycles. The molecule has 0 aliphatic carbocycles. The molecule has 23 heavy (non-hydrogen) atoms. The summed E-state index contributed by atoms with van der Waals surface area (Å²) in [6.45, 7) is 3.12. The smallest absolute Gasteiger partial charge is 0.248 e. The number of amides is 1. The zero-order chi connectivity index (χ0) is 16.6. The Labute approximate surface area is 141 Å². The summed E-state index contributed by atoms with van der Waals surface area (Å²) < 4.78 is 0. The molecular formula is C18H21N3OS. The van der Waals surface area contributed by atoms with Crippen LogP contribution in [0.4, 0.5) is 11.4 Å². The largest absolute Gasteiger partial charge is 0.366 e. The number of para-hydroxylation sites is 1. The van der Waals surface area contributed by atoms with Gasteiger partial charge in [-0.1, -0.05) is 23.9 Å². The molecule has 1 atom stereocenters. The first kappa shape index (κ1) is 15.9. The molecule has 0 fully saturated rings. The maximum Gasteiger partial charge on any atom is 0.248 e. The third-order valence-electron chi connectivity index (χ3n) is 3.92. The van der Waals surface area contributed by atoms with E-state index >= 15 is 0 Å². The summed E-state index contributed by atoms with van der Waals surface area (Å²) in [6.07, 6.45) is 0. The maximum absolute atomic E-state index is 11.6. The Morgan fingerprint density at radius 3 is 2.57 bits per heavy atom. The van der Waals surface area contributed by atoms with Crippen molar-refractivity contribution in [3.8, 4) is 0 Å². The van der Waals surface area contributed by atoms with Crippen LogP contribution in [-0.2, 0) is 0 Å². The van der Waals surface area contributed by atoms with Crippen LogP contribution in [-0.4, -0.2) is 37.5 Å². The number of fused-ring (bicyclic) bond motifs is 2. The van der Waals surface area contributed by atoms with Crippen molar-refractivity contribution in [3.05, 3.63) is 48.0 Å². The van der Waals surface area contributed by atoms with Crippen molar-refractivity contribution in [2.45, 2.75) is 22.8 Å². The minimum absolute atomic E-state index is 0.272. The highest BCUT2D eigenvalue weighted by Crippen LogP contribution is 2.49. The molecule has 1 amide bonds. The quantitative estimate of drug-likeness (QED) is 0.936. The lowest BCUT2D eigenvalue weighted by molar-refractivity contribution is 0.1000. The van der Waals surface area contributed by atoms with Crippen LogP contribution in [0.1, 0.15) is 17.3 Å². The SMILES string of the molecule is CC(CN(C)C)N1c2ccccc2Sc2ccc(C(N)=O)cc21. The standard InChI is InChI=1S/C18H21N3OS/c1-12(11-20(2)3)21-14-6-4-5-7-16(14)23-17-9-8-13(18(19)22)10-15(17)21/h4-10,12H,11H2,1-3H3,(H2,19,22). The van der Waals surface area contributed by atoms with Crippen LogP contribution in [0.3, 0.4) is 0 Å². The Morgan fingerprint density at radius 1 is 1.17 bits per heavy atom. The molecule has 5 heteroatoms. The molecule has 1 aliphatic rings. The summed E-state index contributed by atoms with van der Waals surface area (Å²) in [5.41, 5.74) is 8.25. The number of rotatable bonds is 4. The van der Waals surface area contributed by atoms with E-state index in [-0.39, 0.29) is 6.04 Å². The molecule has 1 aliphatic heterocycles. The van der Waals surface area contributed by atoms with Gasteiger partial charge in [-0.15, -0.1) is 0 Å². The van der Waals surface area contributed by atoms with E-state index in [4.69, 9.17) is 5.73 Å². The molecule has 0 radical (unpaired) electrons. The fourth-order valence-corrected chi connectivity index (χ4v) is 4.07. The maximum atomic E-state index is 11.6. The molecule has 0 spiro atoms. The van der Waals surface area contributed by atoms with E-state index in [2.05, 4.69) is 55.1 Å². The number of hydrogen-bond donors (Lipinski definition) is 1. The number of primary amides is 1. The van der Waals surface area contributed by atoms with E-state index in [1.54, 1.807) is 17.8 Å². The third-order valence-corrected chi connectivity index (χ3v) is 5.05. The number of hydrogen-bond acceptors (Lipinski definition) is 4. The van der Waals surface area contributed by atoms with Crippen LogP contribution < -0.4 is 10.6 Å². The van der Waals surface area contributed by atoms with E-state index < -0.39 is 5.91 Å². The minimum atomic E-state index is -0.392. The van der Waals surface area contributed by atoms with Crippen molar-refractivity contribution in [1.82, 2.24) is 4.90 Å². The Kier molecular flexibility index (Phi) is 4.33. The fourth-order valence-electron chi connectivity index (χ4n) is 3.02. The third kappa shape index (κ3) is 3.07. The molecule has 0 aromatic heterocycles. The fraction of sp³-hybridized carbons (Fsp3) is 0.278. The molecule has 4 nitrogen and oxygen atoms in total. The number of nitrogens with zero attached hydrogens (tertiary/aromatic N) is 2. The van der Waals surface area contributed by atoms with E-state index in [0.29, 0.717) is 5.56 Å². The van der Waals surface area contributed by atoms with Crippen LogP contribution in [0.2, 0.25) is 0 Å². The van der Waals surface area contributed by atoms with Crippen LogP contribution in [0.5, 0.6) is 0 Å². The number of benzene rings is 2. The van der Waals surface area contributed by atoms with E-state index in [0.717, 1.165) is 17.1 Å². The van der Waals surface area contributed by atoms with Gasteiger partial charge in [0.25, 0.3) is 0 Å². The monoisotopic (exact) mass is 327 g/mol. The summed E-state index contributed by atoms with van der Waals surface area (Å²) in [5.74, 6) is -0.392. The molecule has 0 bridgehead atoms. The van der Waals surface area contributed by atoms with E-state index in [1.165, 1.54) is 10.6 Å². The van der Waals surface area contributed by atoms with Gasteiger partial charge in [0.15, 0.2) is 0 Å². The topological polar surface area (TPSA) is 49.6 Å². The number of carbonyl (C=O) groups excluding carboxylic acids is 1. The predicted octanol–water partition coefficient (Wildman–Crippen LogP) is 3.34. The van der Waals surface area contributed by atoms with Gasteiger partial charge < -0.3 is 15.5 Å². The first-order valence-electron chi connectivity index (χ1n) is 7.62. The lowest BCUT2D eigenvalue weighted by Gasteiger charge is -2.38. The highest BCUT2D eigenvalue weighted by molar-refractivity contribution is 7.99. The van der Waals surface area contributed by atoms with Crippen molar-refractivity contribution in [1.29, 1.82) is 0 Å². The highest BCUT2D eigenvalue weighted by atomic mass is 32.2. The van der Waals surface area contributed by atoms with Crippen LogP contribution in [0.25, 0.3) is 0 Å². The Morgan fingerprint density at radius 2 is 1.87 bits per heavy atom. The van der Waals surface area contributed by atoms with Gasteiger partial charge in [-0.25, -0.2) is 0 Å². The predicted molar refractivity (Wildman–Crippen MR) is 95.7 cm³/mol. The molecular weight excluding hydrogens is 306 g/mol. The Balaban J connectivity index is 2.12. The van der Waals surface area contributed by atoms with E-state index in [9.17, 15) is 4.79 Å². The molecule has 1 heterocycles. The van der Waals surface area contributed by atoms with Crippen molar-refractivity contribution >= 4 is 29.0 Å². The number of nitrogens with two attached hydrogens (primary N) is 1. The molecule has 2 aromatic carbocycles. The zero-order valence-electron chi connectivity index (χ0n) is 13.6. The first-order valence-corrected chi connectivity index (χ1v) is 8.43. The second-order valence-corrected chi connectivity index (χ2v) is 7.18. The summed E-state index contributed by atoms with van der Waals surface area (Å²) in [5, 5.41) is 0. The second kappa shape index (κ2) is 6.26. The second-order valence-electron chi connectivity index (χ2n) is 6.10. The summed E-state index contributed by atoms with van der Waals surface area (Å²) in [4.78, 5) is 18.4. The van der Waals surface area contributed by atoms with Gasteiger partial charge in [-0.05, 0) is 51.4 Å². The van der Waals surface area contributed by atoms with Gasteiger partial charge >= 0.3 is 0 Å². The molecule has 1 unspecified atom stereocenters. The van der Waals surface area contributed by atoms with Gasteiger partial charge in [0, 0.05) is 27.9 Å². The van der Waals surface area contributed by atoms with Crippen molar-refractivity contribution in [3.63, 3.8) is 0 Å². The molecule has 3 rings (SSSR count). The molecule has 2 aromatic rings. The van der Waals surface area contributed by atoms with Crippen LogP contribution >= 0.6 is 11.8 Å². The van der Waals surface area contributed by atoms with E-state index in [1.807, 2.05) is 12.1 Å². The minimum Gasteiger partial charge on any atom is -0.366 e. The molecule has 0 saturated carbocycles. The molecule has 120 valence electrons. The summed E-state index contributed by atoms with van der Waals surface area (Å²) in [7, 11) is 4.14. The van der Waals surface area contributed by atoms with Crippen molar-refractivity contribution < 1.29 is 4.79 Å². The highest BCUT2D eigenvalue weighted by Gasteiger charge is 2.27. The summed E-state index contributed by atoms with van der Waals surface area (Å²) in [6, 6.07) is 14.4. The van der Waals surface area contributed by atoms with Gasteiger partial charge in [0.05, 0.1) is 11.4 Å².